The number of rotatable bonds is 4. The van der Waals surface area contributed by atoms with Crippen LogP contribution in [0.5, 0.6) is 0 Å². The van der Waals surface area contributed by atoms with Crippen molar-refractivity contribution in [1.29, 1.82) is 0 Å². The monoisotopic (exact) mass is 356 g/mol. The lowest BCUT2D eigenvalue weighted by Crippen LogP contribution is -2.51. The summed E-state index contributed by atoms with van der Waals surface area (Å²) in [5.74, 6) is -0.0923. The minimum absolute atomic E-state index is 0.0878. The predicted octanol–water partition coefficient (Wildman–Crippen LogP) is 2.55. The van der Waals surface area contributed by atoms with Crippen molar-refractivity contribution in [2.24, 2.45) is 5.92 Å². The van der Waals surface area contributed by atoms with E-state index in [1.165, 1.54) is 22.5 Å². The van der Waals surface area contributed by atoms with E-state index in [0.717, 1.165) is 19.3 Å². The Hall–Kier alpha value is -2.18. The fraction of sp³-hybridized carbons (Fsp3) is 0.368. The van der Waals surface area contributed by atoms with Gasteiger partial charge < -0.3 is 15.3 Å². The van der Waals surface area contributed by atoms with Crippen molar-refractivity contribution in [3.05, 3.63) is 51.9 Å². The molecule has 2 aromatic rings. The van der Waals surface area contributed by atoms with Crippen LogP contribution in [0.1, 0.15) is 38.3 Å². The molecule has 0 saturated carbocycles. The van der Waals surface area contributed by atoms with Crippen molar-refractivity contribution in [2.45, 2.75) is 19.3 Å². The quantitative estimate of drug-likeness (QED) is 0.885. The van der Waals surface area contributed by atoms with E-state index in [0.29, 0.717) is 29.2 Å². The molecule has 0 unspecified atom stereocenters. The molecule has 1 aromatic carbocycles. The van der Waals surface area contributed by atoms with Crippen molar-refractivity contribution >= 4 is 28.2 Å². The predicted molar refractivity (Wildman–Crippen MR) is 97.2 cm³/mol. The summed E-state index contributed by atoms with van der Waals surface area (Å²) in [5, 5.41) is 14.4. The van der Waals surface area contributed by atoms with Gasteiger partial charge in [0.15, 0.2) is 0 Å². The van der Waals surface area contributed by atoms with Crippen molar-refractivity contribution < 1.29 is 14.7 Å². The number of hydrogen-bond donors (Lipinski definition) is 2. The van der Waals surface area contributed by atoms with E-state index in [2.05, 4.69) is 5.32 Å². The van der Waals surface area contributed by atoms with Crippen LogP contribution in [-0.2, 0) is 12.8 Å². The smallest absolute Gasteiger partial charge is 0.256 e. The maximum absolute atomic E-state index is 12.6. The summed E-state index contributed by atoms with van der Waals surface area (Å²) in [4.78, 5) is 26.8. The fourth-order valence-electron chi connectivity index (χ4n) is 3.48. The van der Waals surface area contributed by atoms with Gasteiger partial charge in [0, 0.05) is 31.2 Å². The molecular weight excluding hydrogens is 336 g/mol. The number of aliphatic hydroxyl groups is 1. The maximum atomic E-state index is 12.6. The summed E-state index contributed by atoms with van der Waals surface area (Å²) >= 11 is 1.36. The minimum atomic E-state index is -0.178. The standard InChI is InChI=1S/C19H20N2O3S/c22-11-12-9-21(10-12)19(24)16-6-7-25-18(16)20-17(23)15-5-4-13-2-1-3-14(13)8-15/h4-8,12,22H,1-3,9-11H2,(H,20,23). The largest absolute Gasteiger partial charge is 0.396 e. The van der Waals surface area contributed by atoms with Crippen LogP contribution >= 0.6 is 11.3 Å². The minimum Gasteiger partial charge on any atom is -0.396 e. The Bertz CT molecular complexity index is 824. The molecular formula is C19H20N2O3S. The van der Waals surface area contributed by atoms with Crippen LogP contribution in [0.4, 0.5) is 5.00 Å². The first-order valence-electron chi connectivity index (χ1n) is 8.56. The number of benzene rings is 1. The highest BCUT2D eigenvalue weighted by molar-refractivity contribution is 7.14. The highest BCUT2D eigenvalue weighted by atomic mass is 32.1. The van der Waals surface area contributed by atoms with E-state index in [1.807, 2.05) is 23.6 Å². The van der Waals surface area contributed by atoms with Crippen molar-refractivity contribution in [3.8, 4) is 0 Å². The van der Waals surface area contributed by atoms with Gasteiger partial charge in [-0.05, 0) is 54.0 Å². The van der Waals surface area contributed by atoms with Gasteiger partial charge in [-0.2, -0.15) is 0 Å². The molecule has 2 N–H and O–H groups in total. The van der Waals surface area contributed by atoms with Crippen LogP contribution in [0.3, 0.4) is 0 Å². The van der Waals surface area contributed by atoms with Crippen LogP contribution in [0.15, 0.2) is 29.6 Å². The molecule has 0 bridgehead atoms. The molecule has 2 heterocycles. The van der Waals surface area contributed by atoms with Gasteiger partial charge in [0.05, 0.1) is 5.56 Å². The fourth-order valence-corrected chi connectivity index (χ4v) is 4.26. The third-order valence-electron chi connectivity index (χ3n) is 4.99. The second-order valence-corrected chi connectivity index (χ2v) is 7.63. The van der Waals surface area contributed by atoms with Gasteiger partial charge in [0.2, 0.25) is 0 Å². The Morgan fingerprint density at radius 1 is 1.20 bits per heavy atom. The Kier molecular flexibility index (Phi) is 4.31. The second kappa shape index (κ2) is 6.61. The SMILES string of the molecule is O=C(Nc1sccc1C(=O)N1CC(CO)C1)c1ccc2c(c1)CCC2. The van der Waals surface area contributed by atoms with Crippen molar-refractivity contribution in [1.82, 2.24) is 4.90 Å². The average Bonchev–Trinajstić information content (AvgIpc) is 3.21. The molecule has 1 aliphatic heterocycles. The average molecular weight is 356 g/mol. The molecule has 0 spiro atoms. The zero-order valence-corrected chi connectivity index (χ0v) is 14.6. The normalized spacial score (nSPS) is 16.4. The lowest BCUT2D eigenvalue weighted by molar-refractivity contribution is 0.0363. The number of nitrogens with zero attached hydrogens (tertiary/aromatic N) is 1. The number of aliphatic hydroxyl groups excluding tert-OH is 1. The first-order chi connectivity index (χ1) is 12.2. The Labute approximate surface area is 150 Å². The van der Waals surface area contributed by atoms with Gasteiger partial charge in [0.1, 0.15) is 5.00 Å². The van der Waals surface area contributed by atoms with E-state index in [9.17, 15) is 9.59 Å². The number of fused-ring (bicyclic) bond motifs is 1. The Morgan fingerprint density at radius 3 is 2.80 bits per heavy atom. The number of amides is 2. The van der Waals surface area contributed by atoms with Crippen LogP contribution in [0.25, 0.3) is 0 Å². The molecule has 1 aliphatic carbocycles. The van der Waals surface area contributed by atoms with E-state index >= 15 is 0 Å². The number of carbonyl (C=O) groups is 2. The molecule has 6 heteroatoms. The molecule has 1 aromatic heterocycles. The summed E-state index contributed by atoms with van der Waals surface area (Å²) in [6.45, 7) is 1.25. The molecule has 4 rings (SSSR count). The highest BCUT2D eigenvalue weighted by Crippen LogP contribution is 2.29. The van der Waals surface area contributed by atoms with Gasteiger partial charge >= 0.3 is 0 Å². The number of hydrogen-bond acceptors (Lipinski definition) is 4. The number of thiophene rings is 1. The Morgan fingerprint density at radius 2 is 2.00 bits per heavy atom. The van der Waals surface area contributed by atoms with E-state index in [-0.39, 0.29) is 24.3 Å². The van der Waals surface area contributed by atoms with E-state index < -0.39 is 0 Å². The summed E-state index contributed by atoms with van der Waals surface area (Å²) in [7, 11) is 0. The summed E-state index contributed by atoms with van der Waals surface area (Å²) in [6.07, 6.45) is 3.26. The Balaban J connectivity index is 1.47. The van der Waals surface area contributed by atoms with Crippen LogP contribution in [0, 0.1) is 5.92 Å². The maximum Gasteiger partial charge on any atom is 0.256 e. The first-order valence-corrected chi connectivity index (χ1v) is 9.44. The highest BCUT2D eigenvalue weighted by Gasteiger charge is 2.32. The third kappa shape index (κ3) is 3.07. The number of nitrogens with one attached hydrogen (secondary N) is 1. The van der Waals surface area contributed by atoms with Crippen molar-refractivity contribution in [2.75, 3.05) is 25.0 Å². The summed E-state index contributed by atoms with van der Waals surface area (Å²) in [6, 6.07) is 7.61. The van der Waals surface area contributed by atoms with Crippen LogP contribution < -0.4 is 5.32 Å². The van der Waals surface area contributed by atoms with Crippen LogP contribution in [-0.4, -0.2) is 41.5 Å². The molecule has 130 valence electrons. The van der Waals surface area contributed by atoms with Gasteiger partial charge in [-0.25, -0.2) is 0 Å². The number of carbonyl (C=O) groups excluding carboxylic acids is 2. The van der Waals surface area contributed by atoms with E-state index in [4.69, 9.17) is 5.11 Å². The lowest BCUT2D eigenvalue weighted by Gasteiger charge is -2.38. The van der Waals surface area contributed by atoms with Gasteiger partial charge in [-0.3, -0.25) is 9.59 Å². The number of likely N-dealkylation sites (tertiary alicyclic amines) is 1. The van der Waals surface area contributed by atoms with Gasteiger partial charge in [-0.1, -0.05) is 6.07 Å². The summed E-state index contributed by atoms with van der Waals surface area (Å²) in [5.41, 5.74) is 3.75. The lowest BCUT2D eigenvalue weighted by atomic mass is 10.0. The zero-order chi connectivity index (χ0) is 17.4. The topological polar surface area (TPSA) is 69.6 Å². The molecule has 1 saturated heterocycles. The van der Waals surface area contributed by atoms with Gasteiger partial charge in [-0.15, -0.1) is 11.3 Å². The zero-order valence-electron chi connectivity index (χ0n) is 13.8. The van der Waals surface area contributed by atoms with E-state index in [1.54, 1.807) is 11.0 Å². The van der Waals surface area contributed by atoms with Crippen LogP contribution in [0.2, 0.25) is 0 Å². The molecule has 0 atom stereocenters. The first kappa shape index (κ1) is 16.3. The van der Waals surface area contributed by atoms with Crippen molar-refractivity contribution in [3.63, 3.8) is 0 Å². The number of aryl methyl sites for hydroxylation is 2. The summed E-state index contributed by atoms with van der Waals surface area (Å²) < 4.78 is 0. The third-order valence-corrected chi connectivity index (χ3v) is 5.82. The second-order valence-electron chi connectivity index (χ2n) is 6.71. The molecule has 25 heavy (non-hydrogen) atoms. The molecule has 5 nitrogen and oxygen atoms in total. The molecule has 1 fully saturated rings. The molecule has 2 amide bonds. The molecule has 2 aliphatic rings. The van der Waals surface area contributed by atoms with Gasteiger partial charge in [0.25, 0.3) is 11.8 Å². The number of anilines is 1. The molecule has 0 radical (unpaired) electrons.